The summed E-state index contributed by atoms with van der Waals surface area (Å²) < 4.78 is 27.1. The van der Waals surface area contributed by atoms with Crippen molar-refractivity contribution < 1.29 is 18.7 Å². The van der Waals surface area contributed by atoms with Gasteiger partial charge in [0.05, 0.1) is 0 Å². The molecule has 0 radical (unpaired) electrons. The Kier molecular flexibility index (Phi) is 3.98. The molecule has 0 amide bonds. The van der Waals surface area contributed by atoms with Crippen molar-refractivity contribution in [3.05, 3.63) is 17.2 Å². The summed E-state index contributed by atoms with van der Waals surface area (Å²) in [5, 5.41) is 18.3. The molecular weight excluding hydrogens is 342 g/mol. The molecule has 3 fully saturated rings. The number of carboxylic acids is 1. The van der Waals surface area contributed by atoms with Crippen molar-refractivity contribution in [1.29, 1.82) is 5.26 Å². The molecule has 2 saturated heterocycles. The van der Waals surface area contributed by atoms with Crippen molar-refractivity contribution in [3.63, 3.8) is 0 Å². The second-order valence-corrected chi connectivity index (χ2v) is 7.51. The molecular formula is C18H20F2N4O2. The van der Waals surface area contributed by atoms with Crippen LogP contribution < -0.4 is 9.80 Å². The lowest BCUT2D eigenvalue weighted by Crippen LogP contribution is -2.47. The first-order chi connectivity index (χ1) is 12.4. The van der Waals surface area contributed by atoms with E-state index in [-0.39, 0.29) is 29.5 Å². The maximum Gasteiger partial charge on any atom is 0.303 e. The van der Waals surface area contributed by atoms with E-state index in [9.17, 15) is 18.8 Å². The molecule has 2 unspecified atom stereocenters. The van der Waals surface area contributed by atoms with Crippen LogP contribution in [0.1, 0.15) is 37.3 Å². The fourth-order valence-corrected chi connectivity index (χ4v) is 4.37. The largest absolute Gasteiger partial charge is 0.481 e. The van der Waals surface area contributed by atoms with E-state index >= 15 is 0 Å². The van der Waals surface area contributed by atoms with Crippen molar-refractivity contribution in [2.75, 3.05) is 29.4 Å². The van der Waals surface area contributed by atoms with Crippen LogP contribution in [0.25, 0.3) is 0 Å². The Hall–Kier alpha value is -2.43. The van der Waals surface area contributed by atoms with Gasteiger partial charge in [-0.25, -0.2) is 13.8 Å². The van der Waals surface area contributed by atoms with Gasteiger partial charge in [0.25, 0.3) is 6.43 Å². The molecule has 0 bridgehead atoms. The number of nitrogens with zero attached hydrogens (tertiary/aromatic N) is 4. The summed E-state index contributed by atoms with van der Waals surface area (Å²) in [6, 6.07) is 3.42. The number of alkyl halides is 2. The lowest BCUT2D eigenvalue weighted by Gasteiger charge is -2.40. The zero-order valence-electron chi connectivity index (χ0n) is 14.4. The molecule has 0 spiro atoms. The van der Waals surface area contributed by atoms with E-state index in [4.69, 9.17) is 5.11 Å². The van der Waals surface area contributed by atoms with E-state index in [1.807, 2.05) is 22.8 Å². The predicted molar refractivity (Wildman–Crippen MR) is 90.3 cm³/mol. The van der Waals surface area contributed by atoms with Crippen molar-refractivity contribution in [1.82, 2.24) is 4.98 Å². The van der Waals surface area contributed by atoms with Crippen LogP contribution in [0.4, 0.5) is 20.4 Å². The summed E-state index contributed by atoms with van der Waals surface area (Å²) in [5.74, 6) is 0.805. The lowest BCUT2D eigenvalue weighted by atomic mass is 10.0. The number of carboxylic acid groups (broad SMARTS) is 1. The third-order valence-corrected chi connectivity index (χ3v) is 6.06. The van der Waals surface area contributed by atoms with Gasteiger partial charge in [-0.1, -0.05) is 0 Å². The number of nitriles is 1. The minimum Gasteiger partial charge on any atom is -0.481 e. The average Bonchev–Trinajstić information content (AvgIpc) is 3.02. The number of hydrogen-bond acceptors (Lipinski definition) is 5. The first-order valence-electron chi connectivity index (χ1n) is 8.87. The van der Waals surface area contributed by atoms with Gasteiger partial charge >= 0.3 is 5.97 Å². The van der Waals surface area contributed by atoms with Gasteiger partial charge in [-0.3, -0.25) is 4.79 Å². The second kappa shape index (κ2) is 6.08. The summed E-state index contributed by atoms with van der Waals surface area (Å²) in [6.07, 6.45) is -1.62. The summed E-state index contributed by atoms with van der Waals surface area (Å²) in [5.41, 5.74) is -0.308. The fourth-order valence-electron chi connectivity index (χ4n) is 4.37. The summed E-state index contributed by atoms with van der Waals surface area (Å²) in [7, 11) is 0. The van der Waals surface area contributed by atoms with Crippen molar-refractivity contribution >= 4 is 17.6 Å². The van der Waals surface area contributed by atoms with E-state index in [2.05, 4.69) is 4.98 Å². The lowest BCUT2D eigenvalue weighted by molar-refractivity contribution is -0.137. The Balaban J connectivity index is 1.62. The molecule has 8 heteroatoms. The number of aliphatic carboxylic acids is 1. The Morgan fingerprint density at radius 1 is 1.46 bits per heavy atom. The summed E-state index contributed by atoms with van der Waals surface area (Å²) >= 11 is 0. The van der Waals surface area contributed by atoms with Crippen LogP contribution in [0.2, 0.25) is 0 Å². The van der Waals surface area contributed by atoms with E-state index in [1.165, 1.54) is 6.07 Å². The van der Waals surface area contributed by atoms with Crippen LogP contribution in [-0.4, -0.2) is 41.7 Å². The minimum atomic E-state index is -2.74. The average molecular weight is 362 g/mol. The minimum absolute atomic E-state index is 0.0385. The number of aromatic nitrogens is 1. The van der Waals surface area contributed by atoms with Gasteiger partial charge in [-0.05, 0) is 37.2 Å². The van der Waals surface area contributed by atoms with E-state index < -0.39 is 12.4 Å². The first-order valence-corrected chi connectivity index (χ1v) is 8.87. The smallest absolute Gasteiger partial charge is 0.303 e. The third-order valence-electron chi connectivity index (χ3n) is 6.06. The molecule has 6 nitrogen and oxygen atoms in total. The molecule has 1 aliphatic carbocycles. The summed E-state index contributed by atoms with van der Waals surface area (Å²) in [4.78, 5) is 19.3. The Morgan fingerprint density at radius 3 is 2.62 bits per heavy atom. The maximum atomic E-state index is 13.6. The monoisotopic (exact) mass is 362 g/mol. The molecule has 2 aliphatic heterocycles. The van der Waals surface area contributed by atoms with Gasteiger partial charge in [0.15, 0.2) is 0 Å². The molecule has 1 aromatic rings. The van der Waals surface area contributed by atoms with Crippen LogP contribution in [0.5, 0.6) is 0 Å². The van der Waals surface area contributed by atoms with Gasteiger partial charge in [0.2, 0.25) is 0 Å². The number of rotatable bonds is 5. The van der Waals surface area contributed by atoms with E-state index in [1.54, 1.807) is 0 Å². The topological polar surface area (TPSA) is 80.5 Å². The quantitative estimate of drug-likeness (QED) is 0.867. The van der Waals surface area contributed by atoms with Crippen molar-refractivity contribution in [3.8, 4) is 6.07 Å². The highest BCUT2D eigenvalue weighted by molar-refractivity contribution is 5.68. The van der Waals surface area contributed by atoms with Crippen LogP contribution in [-0.2, 0) is 4.79 Å². The fraction of sp³-hybridized carbons (Fsp3) is 0.611. The number of anilines is 2. The standard InChI is InChI=1S/C18H20F2N4O2/c1-9-2-3-24(9)18-12(6-21)11(17(19)20)4-15(22-18)23-7-13-10(5-16(25)26)14(13)8-23/h4,9-10,13-14,17H,2-3,5,7-8H2,1H3,(H,25,26)/t9-,10?,13?,14?/m0/s1. The van der Waals surface area contributed by atoms with Gasteiger partial charge in [-0.15, -0.1) is 0 Å². The number of hydrogen-bond donors (Lipinski definition) is 1. The SMILES string of the molecule is C[C@H]1CCN1c1nc(N2CC3C(CC(=O)O)C3C2)cc(C(F)F)c1C#N. The van der Waals surface area contributed by atoms with Crippen LogP contribution in [0.3, 0.4) is 0 Å². The highest BCUT2D eigenvalue weighted by atomic mass is 19.3. The number of halogens is 2. The maximum absolute atomic E-state index is 13.6. The molecule has 1 aromatic heterocycles. The van der Waals surface area contributed by atoms with Crippen LogP contribution >= 0.6 is 0 Å². The third kappa shape index (κ3) is 2.66. The zero-order valence-corrected chi connectivity index (χ0v) is 14.4. The number of fused-ring (bicyclic) bond motifs is 1. The van der Waals surface area contributed by atoms with Crippen molar-refractivity contribution in [2.24, 2.45) is 17.8 Å². The number of pyridine rings is 1. The van der Waals surface area contributed by atoms with Crippen LogP contribution in [0.15, 0.2) is 6.07 Å². The van der Waals surface area contributed by atoms with E-state index in [0.29, 0.717) is 43.1 Å². The number of piperidine rings is 1. The van der Waals surface area contributed by atoms with Gasteiger partial charge in [0.1, 0.15) is 23.3 Å². The molecule has 138 valence electrons. The van der Waals surface area contributed by atoms with Crippen molar-refractivity contribution in [2.45, 2.75) is 32.2 Å². The second-order valence-electron chi connectivity index (χ2n) is 7.51. The molecule has 3 heterocycles. The van der Waals surface area contributed by atoms with Crippen LogP contribution in [0, 0.1) is 29.1 Å². The molecule has 4 rings (SSSR count). The first kappa shape index (κ1) is 17.0. The van der Waals surface area contributed by atoms with Gasteiger partial charge in [0, 0.05) is 37.7 Å². The predicted octanol–water partition coefficient (Wildman–Crippen LogP) is 2.65. The molecule has 0 aromatic carbocycles. The van der Waals surface area contributed by atoms with E-state index in [0.717, 1.165) is 6.42 Å². The highest BCUT2D eigenvalue weighted by Gasteiger charge is 2.56. The molecule has 1 saturated carbocycles. The molecule has 1 N–H and O–H groups in total. The Morgan fingerprint density at radius 2 is 2.15 bits per heavy atom. The Bertz CT molecular complexity index is 782. The normalized spacial score (nSPS) is 29.3. The van der Waals surface area contributed by atoms with Gasteiger partial charge < -0.3 is 14.9 Å². The molecule has 3 atom stereocenters. The summed E-state index contributed by atoms with van der Waals surface area (Å²) in [6.45, 7) is 3.97. The molecule has 3 aliphatic rings. The zero-order chi connectivity index (χ0) is 18.6. The number of carbonyl (C=O) groups is 1. The highest BCUT2D eigenvalue weighted by Crippen LogP contribution is 2.54. The Labute approximate surface area is 150 Å². The molecule has 26 heavy (non-hydrogen) atoms. The van der Waals surface area contributed by atoms with Gasteiger partial charge in [-0.2, -0.15) is 5.26 Å².